The summed E-state index contributed by atoms with van der Waals surface area (Å²) in [4.78, 5) is 8.34. The zero-order valence-electron chi connectivity index (χ0n) is 6.96. The SMILES string of the molecule is CCc1ncc(N)c(CC)n1. The van der Waals surface area contributed by atoms with E-state index in [0.29, 0.717) is 5.69 Å². The molecule has 60 valence electrons. The van der Waals surface area contributed by atoms with Crippen molar-refractivity contribution in [2.24, 2.45) is 0 Å². The van der Waals surface area contributed by atoms with Gasteiger partial charge in [0.1, 0.15) is 5.82 Å². The molecule has 0 amide bonds. The topological polar surface area (TPSA) is 51.8 Å². The average Bonchev–Trinajstić information content (AvgIpc) is 2.05. The fourth-order valence-corrected chi connectivity index (χ4v) is 0.921. The van der Waals surface area contributed by atoms with Crippen LogP contribution in [0.15, 0.2) is 6.20 Å². The Bertz CT molecular complexity index is 245. The Morgan fingerprint density at radius 3 is 2.64 bits per heavy atom. The third-order valence-corrected chi connectivity index (χ3v) is 1.60. The summed E-state index contributed by atoms with van der Waals surface area (Å²) >= 11 is 0. The third kappa shape index (κ3) is 1.67. The van der Waals surface area contributed by atoms with Gasteiger partial charge in [0.2, 0.25) is 0 Å². The number of rotatable bonds is 2. The van der Waals surface area contributed by atoms with Gasteiger partial charge in [0.25, 0.3) is 0 Å². The molecule has 0 fully saturated rings. The number of aromatic nitrogens is 2. The van der Waals surface area contributed by atoms with E-state index >= 15 is 0 Å². The fourth-order valence-electron chi connectivity index (χ4n) is 0.921. The van der Waals surface area contributed by atoms with Gasteiger partial charge in [-0.2, -0.15) is 0 Å². The number of hydrogen-bond donors (Lipinski definition) is 1. The molecule has 2 N–H and O–H groups in total. The van der Waals surface area contributed by atoms with Gasteiger partial charge in [-0.05, 0) is 6.42 Å². The minimum Gasteiger partial charge on any atom is -0.396 e. The minimum atomic E-state index is 0.699. The Hall–Kier alpha value is -1.12. The Labute approximate surface area is 66.7 Å². The van der Waals surface area contributed by atoms with Gasteiger partial charge >= 0.3 is 0 Å². The summed E-state index contributed by atoms with van der Waals surface area (Å²) in [5.74, 6) is 0.871. The largest absolute Gasteiger partial charge is 0.396 e. The van der Waals surface area contributed by atoms with E-state index in [9.17, 15) is 0 Å². The highest BCUT2D eigenvalue weighted by Crippen LogP contribution is 2.07. The summed E-state index contributed by atoms with van der Waals surface area (Å²) in [5, 5.41) is 0. The van der Waals surface area contributed by atoms with Gasteiger partial charge in [-0.15, -0.1) is 0 Å². The molecule has 1 aromatic rings. The second-order valence-corrected chi connectivity index (χ2v) is 2.40. The Kier molecular flexibility index (Phi) is 2.41. The number of nitrogens with two attached hydrogens (primary N) is 1. The van der Waals surface area contributed by atoms with Gasteiger partial charge in [-0.25, -0.2) is 9.97 Å². The molecular weight excluding hydrogens is 138 g/mol. The first-order valence-electron chi connectivity index (χ1n) is 3.88. The highest BCUT2D eigenvalue weighted by molar-refractivity contribution is 5.39. The van der Waals surface area contributed by atoms with Crippen LogP contribution < -0.4 is 5.73 Å². The van der Waals surface area contributed by atoms with Crippen LogP contribution in [0.1, 0.15) is 25.4 Å². The molecule has 1 heterocycles. The maximum Gasteiger partial charge on any atom is 0.128 e. The van der Waals surface area contributed by atoms with Crippen molar-refractivity contribution in [2.45, 2.75) is 26.7 Å². The number of aryl methyl sites for hydroxylation is 2. The van der Waals surface area contributed by atoms with Gasteiger partial charge in [0.15, 0.2) is 0 Å². The average molecular weight is 151 g/mol. The maximum absolute atomic E-state index is 5.63. The zero-order valence-corrected chi connectivity index (χ0v) is 6.96. The molecular formula is C8H13N3. The Balaban J connectivity index is 3.02. The van der Waals surface area contributed by atoms with Crippen molar-refractivity contribution in [3.8, 4) is 0 Å². The van der Waals surface area contributed by atoms with E-state index in [1.807, 2.05) is 13.8 Å². The van der Waals surface area contributed by atoms with Crippen LogP contribution in [0.25, 0.3) is 0 Å². The van der Waals surface area contributed by atoms with Crippen LogP contribution in [0.2, 0.25) is 0 Å². The summed E-state index contributed by atoms with van der Waals surface area (Å²) < 4.78 is 0. The smallest absolute Gasteiger partial charge is 0.128 e. The van der Waals surface area contributed by atoms with Crippen LogP contribution in [0, 0.1) is 0 Å². The lowest BCUT2D eigenvalue weighted by atomic mass is 10.3. The van der Waals surface area contributed by atoms with Gasteiger partial charge in [0, 0.05) is 6.42 Å². The molecule has 0 aromatic carbocycles. The lowest BCUT2D eigenvalue weighted by Gasteiger charge is -2.02. The summed E-state index contributed by atoms with van der Waals surface area (Å²) in [5.41, 5.74) is 7.28. The van der Waals surface area contributed by atoms with Crippen molar-refractivity contribution in [1.29, 1.82) is 0 Å². The maximum atomic E-state index is 5.63. The number of nitrogen functional groups attached to an aromatic ring is 1. The van der Waals surface area contributed by atoms with Gasteiger partial charge in [-0.1, -0.05) is 13.8 Å². The molecule has 1 rings (SSSR count). The van der Waals surface area contributed by atoms with Crippen molar-refractivity contribution in [3.05, 3.63) is 17.7 Å². The molecule has 0 bridgehead atoms. The minimum absolute atomic E-state index is 0.699. The molecule has 0 radical (unpaired) electrons. The number of hydrogen-bond acceptors (Lipinski definition) is 3. The second-order valence-electron chi connectivity index (χ2n) is 2.40. The van der Waals surface area contributed by atoms with Crippen LogP contribution >= 0.6 is 0 Å². The molecule has 3 heteroatoms. The quantitative estimate of drug-likeness (QED) is 0.690. The first-order chi connectivity index (χ1) is 5.27. The molecule has 0 aliphatic heterocycles. The molecule has 0 saturated heterocycles. The van der Waals surface area contributed by atoms with Crippen molar-refractivity contribution < 1.29 is 0 Å². The number of anilines is 1. The Morgan fingerprint density at radius 2 is 2.09 bits per heavy atom. The zero-order chi connectivity index (χ0) is 8.27. The van der Waals surface area contributed by atoms with E-state index in [0.717, 1.165) is 24.4 Å². The van der Waals surface area contributed by atoms with Crippen molar-refractivity contribution in [2.75, 3.05) is 5.73 Å². The molecule has 0 atom stereocenters. The lowest BCUT2D eigenvalue weighted by molar-refractivity contribution is 0.892. The first kappa shape index (κ1) is 7.98. The first-order valence-corrected chi connectivity index (χ1v) is 3.88. The van der Waals surface area contributed by atoms with E-state index in [2.05, 4.69) is 9.97 Å². The highest BCUT2D eigenvalue weighted by atomic mass is 14.9. The molecule has 11 heavy (non-hydrogen) atoms. The molecule has 3 nitrogen and oxygen atoms in total. The molecule has 0 unspecified atom stereocenters. The number of nitrogens with zero attached hydrogens (tertiary/aromatic N) is 2. The fraction of sp³-hybridized carbons (Fsp3) is 0.500. The van der Waals surface area contributed by atoms with Crippen LogP contribution in [0.4, 0.5) is 5.69 Å². The van der Waals surface area contributed by atoms with Crippen molar-refractivity contribution in [3.63, 3.8) is 0 Å². The molecule has 0 aliphatic carbocycles. The second kappa shape index (κ2) is 3.32. The molecule has 0 saturated carbocycles. The Morgan fingerprint density at radius 1 is 1.36 bits per heavy atom. The van der Waals surface area contributed by atoms with E-state index in [1.165, 1.54) is 0 Å². The molecule has 0 spiro atoms. The summed E-state index contributed by atoms with van der Waals surface area (Å²) in [6.07, 6.45) is 3.43. The van der Waals surface area contributed by atoms with Crippen molar-refractivity contribution >= 4 is 5.69 Å². The highest BCUT2D eigenvalue weighted by Gasteiger charge is 1.99. The standard InChI is InChI=1S/C8H13N3/c1-3-7-6(9)5-10-8(4-2)11-7/h5H,3-4,9H2,1-2H3. The van der Waals surface area contributed by atoms with E-state index in [4.69, 9.17) is 5.73 Å². The van der Waals surface area contributed by atoms with Gasteiger partial charge in [-0.3, -0.25) is 0 Å². The monoisotopic (exact) mass is 151 g/mol. The summed E-state index contributed by atoms with van der Waals surface area (Å²) in [7, 11) is 0. The summed E-state index contributed by atoms with van der Waals surface area (Å²) in [6, 6.07) is 0. The third-order valence-electron chi connectivity index (χ3n) is 1.60. The molecule has 1 aromatic heterocycles. The van der Waals surface area contributed by atoms with Crippen LogP contribution in [0.3, 0.4) is 0 Å². The van der Waals surface area contributed by atoms with Crippen LogP contribution in [0.5, 0.6) is 0 Å². The van der Waals surface area contributed by atoms with Gasteiger partial charge < -0.3 is 5.73 Å². The predicted molar refractivity (Wildman–Crippen MR) is 45.2 cm³/mol. The van der Waals surface area contributed by atoms with Crippen LogP contribution in [-0.4, -0.2) is 9.97 Å². The van der Waals surface area contributed by atoms with Crippen LogP contribution in [-0.2, 0) is 12.8 Å². The van der Waals surface area contributed by atoms with E-state index in [1.54, 1.807) is 6.20 Å². The van der Waals surface area contributed by atoms with Gasteiger partial charge in [0.05, 0.1) is 17.6 Å². The summed E-state index contributed by atoms with van der Waals surface area (Å²) in [6.45, 7) is 4.07. The van der Waals surface area contributed by atoms with Crippen molar-refractivity contribution in [1.82, 2.24) is 9.97 Å². The van der Waals surface area contributed by atoms with E-state index < -0.39 is 0 Å². The normalized spacial score (nSPS) is 10.0. The van der Waals surface area contributed by atoms with E-state index in [-0.39, 0.29) is 0 Å². The molecule has 0 aliphatic rings. The predicted octanol–water partition coefficient (Wildman–Crippen LogP) is 1.18. The lowest BCUT2D eigenvalue weighted by Crippen LogP contribution is -2.01.